The highest BCUT2D eigenvalue weighted by Crippen LogP contribution is 2.23. The molecule has 3 heterocycles. The van der Waals surface area contributed by atoms with Gasteiger partial charge in [0.2, 0.25) is 17.7 Å². The number of unbranched alkanes of at least 4 members (excludes halogenated alkanes) is 1. The Hall–Kier alpha value is -2.62. The van der Waals surface area contributed by atoms with Gasteiger partial charge in [0.05, 0.1) is 25.9 Å². The van der Waals surface area contributed by atoms with Crippen molar-refractivity contribution in [3.05, 3.63) is 12.1 Å². The number of hydrogen-bond acceptors (Lipinski definition) is 16. The zero-order valence-electron chi connectivity index (χ0n) is 24.8. The Kier molecular flexibility index (Phi) is 14.2. The van der Waals surface area contributed by atoms with Crippen LogP contribution in [0.2, 0.25) is 0 Å². The summed E-state index contributed by atoms with van der Waals surface area (Å²) in [6.45, 7) is 0.862. The first-order valence-electron chi connectivity index (χ1n) is 14.7. The lowest BCUT2D eigenvalue weighted by Crippen LogP contribution is -2.59. The van der Waals surface area contributed by atoms with Crippen molar-refractivity contribution in [3.63, 3.8) is 0 Å². The van der Waals surface area contributed by atoms with Gasteiger partial charge in [0, 0.05) is 38.1 Å². The number of amides is 1. The fraction of sp³-hybridized carbons (Fsp3) is 0.778. The number of nitrogens with zero attached hydrogens (tertiary/aromatic N) is 2. The van der Waals surface area contributed by atoms with Crippen molar-refractivity contribution in [2.24, 2.45) is 0 Å². The van der Waals surface area contributed by atoms with Crippen LogP contribution >= 0.6 is 0 Å². The van der Waals surface area contributed by atoms with E-state index in [1.54, 1.807) is 0 Å². The van der Waals surface area contributed by atoms with Gasteiger partial charge in [0.15, 0.2) is 12.6 Å². The van der Waals surface area contributed by atoms with Gasteiger partial charge in [-0.15, -0.1) is 4.73 Å². The Morgan fingerprint density at radius 1 is 0.778 bits per heavy atom. The summed E-state index contributed by atoms with van der Waals surface area (Å²) in [5, 5.41) is 88.5. The maximum Gasteiger partial charge on any atom is 0.333 e. The number of aromatic nitrogens is 1. The van der Waals surface area contributed by atoms with Crippen LogP contribution in [0, 0.1) is 0 Å². The normalized spacial score (nSPS) is 31.9. The summed E-state index contributed by atoms with van der Waals surface area (Å²) in [5.41, 5.74) is 0. The SMILES string of the molecule is C[C@@H]1O[C@@H](OCCN(CCCO[C@H]2O[C@H](CO)[C@@H](O)[C@H](O)[C@@H]2O)C(=O)CCCCC(=O)On2c(O)ccc2O)[C@@H](O)[C@H](O)[C@@H]1O. The topological polar surface area (TPSA) is 271 Å². The first kappa shape index (κ1) is 36.8. The summed E-state index contributed by atoms with van der Waals surface area (Å²) in [7, 11) is 0. The number of carbonyl (C=O) groups excluding carboxylic acids is 2. The Morgan fingerprint density at radius 3 is 2.00 bits per heavy atom. The van der Waals surface area contributed by atoms with Gasteiger partial charge in [-0.1, -0.05) is 0 Å². The first-order chi connectivity index (χ1) is 21.3. The molecule has 9 N–H and O–H groups in total. The van der Waals surface area contributed by atoms with Crippen LogP contribution in [-0.2, 0) is 28.5 Å². The Labute approximate surface area is 258 Å². The van der Waals surface area contributed by atoms with Gasteiger partial charge >= 0.3 is 5.97 Å². The van der Waals surface area contributed by atoms with Crippen molar-refractivity contribution in [1.82, 2.24) is 9.63 Å². The van der Waals surface area contributed by atoms with Crippen LogP contribution in [0.3, 0.4) is 0 Å². The summed E-state index contributed by atoms with van der Waals surface area (Å²) in [5.74, 6) is -1.99. The molecule has 0 aromatic carbocycles. The van der Waals surface area contributed by atoms with Crippen LogP contribution in [-0.4, -0.2) is 162 Å². The van der Waals surface area contributed by atoms with Gasteiger partial charge in [-0.25, -0.2) is 4.79 Å². The molecule has 2 fully saturated rings. The molecule has 10 atom stereocenters. The molecule has 258 valence electrons. The minimum absolute atomic E-state index is 0.0192. The molecule has 0 unspecified atom stereocenters. The minimum Gasteiger partial charge on any atom is -0.492 e. The molecule has 0 radical (unpaired) electrons. The van der Waals surface area contributed by atoms with E-state index in [-0.39, 0.29) is 64.3 Å². The first-order valence-corrected chi connectivity index (χ1v) is 14.7. The molecular formula is C27H44N2O16. The molecule has 0 bridgehead atoms. The smallest absolute Gasteiger partial charge is 0.333 e. The third-order valence-corrected chi connectivity index (χ3v) is 7.52. The maximum absolute atomic E-state index is 13.1. The molecule has 45 heavy (non-hydrogen) atoms. The van der Waals surface area contributed by atoms with E-state index < -0.39 is 85.7 Å². The Balaban J connectivity index is 1.49. The summed E-state index contributed by atoms with van der Waals surface area (Å²) < 4.78 is 22.3. The maximum atomic E-state index is 13.1. The van der Waals surface area contributed by atoms with Gasteiger partial charge in [0.25, 0.3) is 0 Å². The number of aromatic hydroxyl groups is 2. The fourth-order valence-corrected chi connectivity index (χ4v) is 4.80. The van der Waals surface area contributed by atoms with E-state index >= 15 is 0 Å². The number of aliphatic hydroxyl groups excluding tert-OH is 7. The predicted octanol–water partition coefficient (Wildman–Crippen LogP) is -3.71. The van der Waals surface area contributed by atoms with E-state index in [4.69, 9.17) is 23.8 Å². The molecule has 2 aliphatic heterocycles. The molecule has 1 amide bonds. The van der Waals surface area contributed by atoms with Crippen LogP contribution in [0.5, 0.6) is 11.8 Å². The average Bonchev–Trinajstić information content (AvgIpc) is 3.33. The van der Waals surface area contributed by atoms with E-state index in [1.165, 1.54) is 11.8 Å². The number of ether oxygens (including phenoxy) is 4. The zero-order valence-corrected chi connectivity index (χ0v) is 24.8. The monoisotopic (exact) mass is 652 g/mol. The summed E-state index contributed by atoms with van der Waals surface area (Å²) in [6, 6.07) is 2.28. The number of aliphatic hydroxyl groups is 7. The minimum atomic E-state index is -1.60. The summed E-state index contributed by atoms with van der Waals surface area (Å²) >= 11 is 0. The predicted molar refractivity (Wildman–Crippen MR) is 147 cm³/mol. The van der Waals surface area contributed by atoms with Crippen molar-refractivity contribution in [3.8, 4) is 11.8 Å². The van der Waals surface area contributed by atoms with Crippen LogP contribution in [0.1, 0.15) is 39.0 Å². The van der Waals surface area contributed by atoms with Crippen molar-refractivity contribution < 1.29 is 79.3 Å². The van der Waals surface area contributed by atoms with Gasteiger partial charge in [-0.2, -0.15) is 0 Å². The van der Waals surface area contributed by atoms with E-state index in [0.717, 1.165) is 12.1 Å². The lowest BCUT2D eigenvalue weighted by atomic mass is 9.99. The van der Waals surface area contributed by atoms with Gasteiger partial charge in [-0.3, -0.25) is 4.79 Å². The summed E-state index contributed by atoms with van der Waals surface area (Å²) in [6.07, 6.45) is -12.9. The quantitative estimate of drug-likeness (QED) is 0.0777. The molecule has 2 aliphatic rings. The molecule has 0 aliphatic carbocycles. The Bertz CT molecular complexity index is 1050. The second-order valence-corrected chi connectivity index (χ2v) is 10.9. The van der Waals surface area contributed by atoms with E-state index in [2.05, 4.69) is 0 Å². The van der Waals surface area contributed by atoms with Crippen LogP contribution in [0.15, 0.2) is 12.1 Å². The van der Waals surface area contributed by atoms with Gasteiger partial charge in [0.1, 0.15) is 42.7 Å². The Morgan fingerprint density at radius 2 is 1.36 bits per heavy atom. The van der Waals surface area contributed by atoms with Crippen LogP contribution in [0.25, 0.3) is 0 Å². The molecule has 0 spiro atoms. The fourth-order valence-electron chi connectivity index (χ4n) is 4.80. The lowest BCUT2D eigenvalue weighted by Gasteiger charge is -2.39. The van der Waals surface area contributed by atoms with E-state index in [1.807, 2.05) is 0 Å². The van der Waals surface area contributed by atoms with E-state index in [0.29, 0.717) is 4.73 Å². The van der Waals surface area contributed by atoms with Crippen molar-refractivity contribution in [2.75, 3.05) is 32.9 Å². The highest BCUT2D eigenvalue weighted by Gasteiger charge is 2.44. The molecule has 18 nitrogen and oxygen atoms in total. The zero-order chi connectivity index (χ0) is 33.3. The second kappa shape index (κ2) is 17.3. The molecule has 1 aromatic heterocycles. The molecule has 0 saturated carbocycles. The highest BCUT2D eigenvalue weighted by atomic mass is 16.7. The lowest BCUT2D eigenvalue weighted by molar-refractivity contribution is -0.301. The van der Waals surface area contributed by atoms with Crippen LogP contribution in [0.4, 0.5) is 0 Å². The average molecular weight is 653 g/mol. The number of carbonyl (C=O) groups is 2. The third kappa shape index (κ3) is 9.93. The molecule has 1 aromatic rings. The number of hydrogen-bond donors (Lipinski definition) is 9. The molecular weight excluding hydrogens is 608 g/mol. The summed E-state index contributed by atoms with van der Waals surface area (Å²) in [4.78, 5) is 31.4. The second-order valence-electron chi connectivity index (χ2n) is 10.9. The van der Waals surface area contributed by atoms with E-state index in [9.17, 15) is 55.5 Å². The molecule has 3 rings (SSSR count). The van der Waals surface area contributed by atoms with Crippen LogP contribution < -0.4 is 4.84 Å². The van der Waals surface area contributed by atoms with Crippen molar-refractivity contribution in [2.45, 2.75) is 100 Å². The third-order valence-electron chi connectivity index (χ3n) is 7.52. The molecule has 18 heteroatoms. The van der Waals surface area contributed by atoms with Gasteiger partial charge < -0.3 is 74.6 Å². The van der Waals surface area contributed by atoms with Crippen molar-refractivity contribution in [1.29, 1.82) is 0 Å². The van der Waals surface area contributed by atoms with Crippen molar-refractivity contribution >= 4 is 11.9 Å². The highest BCUT2D eigenvalue weighted by molar-refractivity contribution is 5.76. The molecule has 2 saturated heterocycles. The largest absolute Gasteiger partial charge is 0.492 e. The standard InChI is InChI=1S/C27H44N2O16/c1-14-20(35)22(37)24(39)26(43-14)42-12-10-28(9-4-11-41-27-25(40)23(38)21(36)15(13-30)44-27)16(31)5-2-3-6-19(34)45-29-17(32)7-8-18(29)33/h7-8,14-15,20-27,30,32-33,35-40H,2-6,9-13H2,1H3/t14-,15+,20+,21+,22+,23-,24-,25-,26+,27-/m0/s1. The number of rotatable bonds is 16. The van der Waals surface area contributed by atoms with Gasteiger partial charge in [-0.05, 0) is 26.2 Å².